The summed E-state index contributed by atoms with van der Waals surface area (Å²) in [5, 5.41) is 11.6. The highest BCUT2D eigenvalue weighted by Gasteiger charge is 2.34. The van der Waals surface area contributed by atoms with Crippen LogP contribution in [0, 0.1) is 24.1 Å². The molecule has 3 rings (SSSR count). The third-order valence-corrected chi connectivity index (χ3v) is 7.55. The molecule has 3 atom stereocenters. The van der Waals surface area contributed by atoms with E-state index in [1.54, 1.807) is 0 Å². The minimum Gasteiger partial charge on any atom is -0.353 e. The average Bonchev–Trinajstić information content (AvgIpc) is 3.20. The van der Waals surface area contributed by atoms with Gasteiger partial charge in [-0.25, -0.2) is 14.2 Å². The number of nitrogens with zero attached hydrogens (tertiary/aromatic N) is 2. The molecule has 1 saturated carbocycles. The monoisotopic (exact) mass is 517 g/mol. The summed E-state index contributed by atoms with van der Waals surface area (Å²) in [5.41, 5.74) is 2.00. The van der Waals surface area contributed by atoms with Crippen LogP contribution in [0.1, 0.15) is 57.7 Å². The number of carbonyl (C=O) groups is 2. The summed E-state index contributed by atoms with van der Waals surface area (Å²) < 4.78 is 13.3. The second-order valence-corrected chi connectivity index (χ2v) is 11.7. The van der Waals surface area contributed by atoms with Crippen molar-refractivity contribution in [2.75, 3.05) is 25.5 Å². The fourth-order valence-corrected chi connectivity index (χ4v) is 5.89. The fraction of sp³-hybridized carbons (Fsp3) is 0.593. The van der Waals surface area contributed by atoms with Crippen LogP contribution >= 0.6 is 11.3 Å². The van der Waals surface area contributed by atoms with Gasteiger partial charge in [-0.3, -0.25) is 10.1 Å². The zero-order chi connectivity index (χ0) is 26.3. The topological polar surface area (TPSA) is 86.4 Å². The van der Waals surface area contributed by atoms with E-state index in [1.165, 1.54) is 23.5 Å². The van der Waals surface area contributed by atoms with E-state index in [1.807, 2.05) is 31.4 Å². The Bertz CT molecular complexity index is 1010. The van der Waals surface area contributed by atoms with Gasteiger partial charge in [-0.15, -0.1) is 11.3 Å². The van der Waals surface area contributed by atoms with E-state index in [0.29, 0.717) is 18.0 Å². The highest BCUT2D eigenvalue weighted by Crippen LogP contribution is 2.29. The second kappa shape index (κ2) is 12.6. The molecule has 0 radical (unpaired) electrons. The van der Waals surface area contributed by atoms with E-state index >= 15 is 0 Å². The molecule has 3 amide bonds. The molecule has 3 unspecified atom stereocenters. The lowest BCUT2D eigenvalue weighted by atomic mass is 9.80. The number of benzene rings is 1. The molecule has 198 valence electrons. The van der Waals surface area contributed by atoms with Crippen molar-refractivity contribution in [2.24, 2.45) is 11.3 Å². The van der Waals surface area contributed by atoms with Gasteiger partial charge in [0.05, 0.1) is 5.69 Å². The van der Waals surface area contributed by atoms with Crippen LogP contribution < -0.4 is 16.0 Å². The molecule has 1 aromatic carbocycles. The van der Waals surface area contributed by atoms with Crippen molar-refractivity contribution in [1.29, 1.82) is 0 Å². The molecule has 7 nitrogen and oxygen atoms in total. The maximum absolute atomic E-state index is 13.3. The molecular formula is C27H40FN5O2S. The van der Waals surface area contributed by atoms with Crippen molar-refractivity contribution < 1.29 is 14.0 Å². The summed E-state index contributed by atoms with van der Waals surface area (Å²) in [7, 11) is 2.12. The van der Waals surface area contributed by atoms with Gasteiger partial charge < -0.3 is 15.5 Å². The Morgan fingerprint density at radius 2 is 1.92 bits per heavy atom. The lowest BCUT2D eigenvalue weighted by Gasteiger charge is -2.40. The van der Waals surface area contributed by atoms with Crippen LogP contribution in [0.5, 0.6) is 0 Å². The largest absolute Gasteiger partial charge is 0.353 e. The van der Waals surface area contributed by atoms with Gasteiger partial charge in [0.15, 0.2) is 5.13 Å². The Kier molecular flexibility index (Phi) is 9.84. The van der Waals surface area contributed by atoms with Crippen LogP contribution in [-0.2, 0) is 11.2 Å². The molecule has 1 aromatic heterocycles. The van der Waals surface area contributed by atoms with Crippen molar-refractivity contribution >= 4 is 28.4 Å². The van der Waals surface area contributed by atoms with Crippen molar-refractivity contribution in [3.63, 3.8) is 0 Å². The molecule has 1 aliphatic rings. The molecule has 0 bridgehead atoms. The number of rotatable bonds is 10. The van der Waals surface area contributed by atoms with E-state index in [0.717, 1.165) is 43.6 Å². The van der Waals surface area contributed by atoms with Gasteiger partial charge in [0, 0.05) is 37.0 Å². The second-order valence-electron chi connectivity index (χ2n) is 10.9. The summed E-state index contributed by atoms with van der Waals surface area (Å²) >= 11 is 1.40. The maximum Gasteiger partial charge on any atom is 0.321 e. The van der Waals surface area contributed by atoms with Crippen LogP contribution in [-0.4, -0.2) is 54.0 Å². The van der Waals surface area contributed by atoms with Gasteiger partial charge >= 0.3 is 6.03 Å². The first-order valence-corrected chi connectivity index (χ1v) is 13.6. The van der Waals surface area contributed by atoms with Gasteiger partial charge in [-0.05, 0) is 68.7 Å². The van der Waals surface area contributed by atoms with Gasteiger partial charge in [-0.2, -0.15) is 0 Å². The summed E-state index contributed by atoms with van der Waals surface area (Å²) in [4.78, 5) is 31.4. The first-order chi connectivity index (χ1) is 17.0. The van der Waals surface area contributed by atoms with E-state index in [-0.39, 0.29) is 41.2 Å². The number of nitrogens with one attached hydrogen (secondary N) is 3. The van der Waals surface area contributed by atoms with Crippen molar-refractivity contribution in [3.8, 4) is 0 Å². The third-order valence-electron chi connectivity index (χ3n) is 6.68. The third kappa shape index (κ3) is 8.85. The number of aromatic nitrogens is 1. The van der Waals surface area contributed by atoms with E-state index in [2.05, 4.69) is 46.7 Å². The smallest absolute Gasteiger partial charge is 0.321 e. The Morgan fingerprint density at radius 1 is 1.19 bits per heavy atom. The quantitative estimate of drug-likeness (QED) is 0.415. The molecule has 2 aromatic rings. The molecule has 1 heterocycles. The average molecular weight is 518 g/mol. The number of hydrogen-bond donors (Lipinski definition) is 3. The summed E-state index contributed by atoms with van der Waals surface area (Å²) in [6, 6.07) is 6.46. The van der Waals surface area contributed by atoms with E-state index < -0.39 is 0 Å². The number of halogens is 1. The lowest BCUT2D eigenvalue weighted by molar-refractivity contribution is -0.121. The Morgan fingerprint density at radius 3 is 2.56 bits per heavy atom. The summed E-state index contributed by atoms with van der Waals surface area (Å²) in [6.45, 7) is 9.90. The number of aryl methyl sites for hydroxylation is 1. The first-order valence-electron chi connectivity index (χ1n) is 12.7. The molecule has 1 aliphatic carbocycles. The number of carbonyl (C=O) groups excluding carboxylic acids is 2. The van der Waals surface area contributed by atoms with Crippen LogP contribution in [0.4, 0.5) is 14.3 Å². The Balaban J connectivity index is 1.61. The predicted molar refractivity (Wildman–Crippen MR) is 144 cm³/mol. The van der Waals surface area contributed by atoms with Crippen molar-refractivity contribution in [1.82, 2.24) is 20.5 Å². The van der Waals surface area contributed by atoms with E-state index in [9.17, 15) is 14.0 Å². The lowest BCUT2D eigenvalue weighted by Crippen LogP contribution is -2.53. The molecule has 9 heteroatoms. The number of thiazole rings is 1. The first kappa shape index (κ1) is 28.1. The Labute approximate surface area is 218 Å². The number of hydrogen-bond acceptors (Lipinski definition) is 5. The summed E-state index contributed by atoms with van der Waals surface area (Å²) in [5.74, 6) is 0.0849. The predicted octanol–water partition coefficient (Wildman–Crippen LogP) is 4.98. The number of urea groups is 1. The molecule has 3 N–H and O–H groups in total. The molecular weight excluding hydrogens is 477 g/mol. The standard InChI is InChI=1S/C27H40FN5O2S/c1-6-24(34)30-22-12-9-20(23(13-22)31-25(35)32-26-29-18(2)16-36-26)15-33(5)17-27(3,4)14-19-7-10-21(28)11-8-19/h7-8,10-11,16,20,22-23H,6,9,12-15,17H2,1-5H3,(H,30,34)(H2,29,31,32,35). The maximum atomic E-state index is 13.3. The van der Waals surface area contributed by atoms with Crippen molar-refractivity contribution in [2.45, 2.75) is 71.9 Å². The van der Waals surface area contributed by atoms with Gasteiger partial charge in [0.25, 0.3) is 0 Å². The SMILES string of the molecule is CCC(=O)NC1CCC(CN(C)CC(C)(C)Cc2ccc(F)cc2)C(NC(=O)Nc2nc(C)cs2)C1. The number of amides is 3. The zero-order valence-electron chi connectivity index (χ0n) is 22.1. The minimum absolute atomic E-state index is 0.00187. The number of anilines is 1. The molecule has 0 aliphatic heterocycles. The highest BCUT2D eigenvalue weighted by molar-refractivity contribution is 7.13. The van der Waals surface area contributed by atoms with Crippen LogP contribution in [0.3, 0.4) is 0 Å². The highest BCUT2D eigenvalue weighted by atomic mass is 32.1. The molecule has 36 heavy (non-hydrogen) atoms. The van der Waals surface area contributed by atoms with Crippen molar-refractivity contribution in [3.05, 3.63) is 46.7 Å². The van der Waals surface area contributed by atoms with Gasteiger partial charge in [0.1, 0.15) is 5.82 Å². The van der Waals surface area contributed by atoms with E-state index in [4.69, 9.17) is 0 Å². The van der Waals surface area contributed by atoms with Gasteiger partial charge in [-0.1, -0.05) is 32.9 Å². The molecule has 0 saturated heterocycles. The summed E-state index contributed by atoms with van der Waals surface area (Å²) in [6.07, 6.45) is 3.82. The molecule has 1 fully saturated rings. The van der Waals surface area contributed by atoms with Crippen LogP contribution in [0.2, 0.25) is 0 Å². The Hall–Kier alpha value is -2.52. The normalized spacial score (nSPS) is 20.2. The fourth-order valence-electron chi connectivity index (χ4n) is 5.21. The van der Waals surface area contributed by atoms with Crippen LogP contribution in [0.15, 0.2) is 29.6 Å². The zero-order valence-corrected chi connectivity index (χ0v) is 22.9. The van der Waals surface area contributed by atoms with Crippen LogP contribution in [0.25, 0.3) is 0 Å². The minimum atomic E-state index is -0.263. The van der Waals surface area contributed by atoms with Gasteiger partial charge in [0.2, 0.25) is 5.91 Å². The molecule has 0 spiro atoms.